The predicted octanol–water partition coefficient (Wildman–Crippen LogP) is -1.41. The van der Waals surface area contributed by atoms with Gasteiger partial charge in [0.05, 0.1) is 0 Å². The lowest BCUT2D eigenvalue weighted by Crippen LogP contribution is -2.47. The molecule has 0 saturated carbocycles. The van der Waals surface area contributed by atoms with Gasteiger partial charge in [-0.15, -0.1) is 0 Å². The summed E-state index contributed by atoms with van der Waals surface area (Å²) in [5.41, 5.74) is 4.51. The average Bonchev–Trinajstić information content (AvgIpc) is 2.84. The van der Waals surface area contributed by atoms with Gasteiger partial charge in [-0.3, -0.25) is 5.32 Å². The number of rotatable bonds is 2. The summed E-state index contributed by atoms with van der Waals surface area (Å²) < 4.78 is 0. The van der Waals surface area contributed by atoms with E-state index in [1.165, 1.54) is 6.20 Å². The van der Waals surface area contributed by atoms with Crippen molar-refractivity contribution in [1.82, 2.24) is 20.6 Å². The number of urea groups is 1. The monoisotopic (exact) mass is 207 g/mol. The number of aromatic amines is 1. The Labute approximate surface area is 84.8 Å². The molecule has 0 unspecified atom stereocenters. The molecule has 2 rings (SSSR count). The number of amides is 2. The molecule has 5 N–H and O–H groups in total. The van der Waals surface area contributed by atoms with E-state index in [-0.39, 0.29) is 12.2 Å². The van der Waals surface area contributed by atoms with Crippen LogP contribution in [0.1, 0.15) is 5.82 Å². The molecule has 0 spiro atoms. The van der Waals surface area contributed by atoms with Gasteiger partial charge in [0.1, 0.15) is 17.5 Å². The normalized spacial score (nSPS) is 24.6. The minimum Gasteiger partial charge on any atom is -0.346 e. The average molecular weight is 207 g/mol. The van der Waals surface area contributed by atoms with Gasteiger partial charge >= 0.3 is 6.03 Å². The van der Waals surface area contributed by atoms with Crippen molar-refractivity contribution in [3.63, 3.8) is 0 Å². The molecule has 1 fully saturated rings. The number of nitrogens with one attached hydrogen (secondary N) is 3. The summed E-state index contributed by atoms with van der Waals surface area (Å²) in [7, 11) is 0. The first-order chi connectivity index (χ1) is 7.23. The van der Waals surface area contributed by atoms with E-state index >= 15 is 0 Å². The van der Waals surface area contributed by atoms with Gasteiger partial charge in [0, 0.05) is 18.9 Å². The smallest absolute Gasteiger partial charge is 0.320 e. The van der Waals surface area contributed by atoms with Crippen molar-refractivity contribution >= 4 is 12.0 Å². The van der Waals surface area contributed by atoms with Gasteiger partial charge in [0.25, 0.3) is 0 Å². The van der Waals surface area contributed by atoms with E-state index in [9.17, 15) is 9.59 Å². The lowest BCUT2D eigenvalue weighted by atomic mass is 9.97. The molecular weight excluding hydrogens is 198 g/mol. The van der Waals surface area contributed by atoms with Gasteiger partial charge in [-0.25, -0.2) is 14.6 Å². The first-order valence-corrected chi connectivity index (χ1v) is 4.27. The second-order valence-corrected chi connectivity index (χ2v) is 3.10. The zero-order chi connectivity index (χ0) is 10.9. The largest absolute Gasteiger partial charge is 0.346 e. The lowest BCUT2D eigenvalue weighted by molar-refractivity contribution is 0.244. The van der Waals surface area contributed by atoms with Gasteiger partial charge in [0.15, 0.2) is 5.54 Å². The van der Waals surface area contributed by atoms with Crippen LogP contribution in [-0.4, -0.2) is 28.5 Å². The number of carbonyl (C=O) groups excluding carboxylic acids is 2. The number of nitrogens with zero attached hydrogens (tertiary/aromatic N) is 1. The molecule has 0 radical (unpaired) electrons. The number of nitrogens with two attached hydrogens (primary N) is 1. The summed E-state index contributed by atoms with van der Waals surface area (Å²) in [4.78, 5) is 28.7. The number of carbonyl (C=O) groups is 1. The van der Waals surface area contributed by atoms with E-state index in [4.69, 9.17) is 5.73 Å². The molecule has 7 heteroatoms. The van der Waals surface area contributed by atoms with Gasteiger partial charge in [-0.05, 0) is 0 Å². The Morgan fingerprint density at radius 3 is 2.93 bits per heavy atom. The van der Waals surface area contributed by atoms with E-state index in [1.807, 2.05) is 0 Å². The van der Waals surface area contributed by atoms with Crippen molar-refractivity contribution in [3.8, 4) is 0 Å². The van der Waals surface area contributed by atoms with Crippen molar-refractivity contribution in [3.05, 3.63) is 23.9 Å². The highest BCUT2D eigenvalue weighted by Gasteiger charge is 2.46. The molecule has 0 aliphatic carbocycles. The molecule has 0 bridgehead atoms. The Bertz CT molecular complexity index is 434. The van der Waals surface area contributed by atoms with E-state index in [1.54, 1.807) is 12.1 Å². The maximum Gasteiger partial charge on any atom is 0.320 e. The number of hydrogen-bond donors (Lipinski definition) is 4. The van der Waals surface area contributed by atoms with Crippen LogP contribution in [0, 0.1) is 0 Å². The molecule has 15 heavy (non-hydrogen) atoms. The van der Waals surface area contributed by atoms with Crippen LogP contribution in [0.15, 0.2) is 18.1 Å². The second kappa shape index (κ2) is 3.23. The molecule has 1 aliphatic rings. The number of imidazole rings is 1. The number of aromatic nitrogens is 2. The van der Waals surface area contributed by atoms with E-state index in [0.717, 1.165) is 0 Å². The molecular formula is C8H9N5O2. The van der Waals surface area contributed by atoms with Crippen molar-refractivity contribution in [2.24, 2.45) is 5.73 Å². The molecule has 1 aliphatic heterocycles. The Balaban J connectivity index is 2.54. The minimum atomic E-state index is -1.11. The van der Waals surface area contributed by atoms with Crippen LogP contribution in [-0.2, 0) is 10.3 Å². The topological polar surface area (TPSA) is 113 Å². The Hall–Kier alpha value is -2.11. The van der Waals surface area contributed by atoms with Crippen molar-refractivity contribution < 1.29 is 9.59 Å². The van der Waals surface area contributed by atoms with Gasteiger partial charge < -0.3 is 16.0 Å². The third-order valence-corrected chi connectivity index (χ3v) is 2.30. The first kappa shape index (κ1) is 9.45. The minimum absolute atomic E-state index is 0.0177. The Kier molecular flexibility index (Phi) is 2.03. The van der Waals surface area contributed by atoms with Crippen LogP contribution in [0.5, 0.6) is 0 Å². The highest BCUT2D eigenvalue weighted by atomic mass is 16.2. The molecule has 1 aromatic heterocycles. The van der Waals surface area contributed by atoms with Crippen LogP contribution in [0.3, 0.4) is 0 Å². The Morgan fingerprint density at radius 1 is 1.60 bits per heavy atom. The second-order valence-electron chi connectivity index (χ2n) is 3.10. The summed E-state index contributed by atoms with van der Waals surface area (Å²) in [6.07, 6.45) is 3.10. The molecule has 2 amide bonds. The molecule has 1 atom stereocenters. The summed E-state index contributed by atoms with van der Waals surface area (Å²) >= 11 is 0. The van der Waals surface area contributed by atoms with E-state index < -0.39 is 11.6 Å². The highest BCUT2D eigenvalue weighted by Crippen LogP contribution is 2.26. The van der Waals surface area contributed by atoms with Crippen molar-refractivity contribution in [2.45, 2.75) is 5.54 Å². The van der Waals surface area contributed by atoms with E-state index in [2.05, 4.69) is 20.6 Å². The first-order valence-electron chi connectivity index (χ1n) is 4.27. The Morgan fingerprint density at radius 2 is 2.40 bits per heavy atom. The molecule has 0 aromatic carbocycles. The molecule has 7 nitrogen and oxygen atoms in total. The fraction of sp³-hybridized carbons (Fsp3) is 0.250. The SMILES string of the molecule is NC[C@@]1(c2ncc[nH]2)NC(=O)NC1=C=O. The predicted molar refractivity (Wildman–Crippen MR) is 50.2 cm³/mol. The molecule has 78 valence electrons. The van der Waals surface area contributed by atoms with Crippen LogP contribution < -0.4 is 16.4 Å². The van der Waals surface area contributed by atoms with Crippen LogP contribution in [0.4, 0.5) is 4.79 Å². The van der Waals surface area contributed by atoms with Crippen LogP contribution >= 0.6 is 0 Å². The molecule has 2 heterocycles. The number of hydrogen-bond acceptors (Lipinski definition) is 4. The standard InChI is InChI=1S/C8H9N5O2/c9-4-8(6-10-1-2-11-6)5(3-14)12-7(15)13-8/h1-2H,4,9H2,(H,10,11)(H2,12,13,15)/t8-/m1/s1. The maximum atomic E-state index is 11.2. The summed E-state index contributed by atoms with van der Waals surface area (Å²) in [5.74, 6) is 2.06. The van der Waals surface area contributed by atoms with E-state index in [0.29, 0.717) is 5.82 Å². The third-order valence-electron chi connectivity index (χ3n) is 2.30. The fourth-order valence-electron chi connectivity index (χ4n) is 1.55. The van der Waals surface area contributed by atoms with Gasteiger partial charge in [-0.2, -0.15) is 0 Å². The van der Waals surface area contributed by atoms with Crippen molar-refractivity contribution in [1.29, 1.82) is 0 Å². The fourth-order valence-corrected chi connectivity index (χ4v) is 1.55. The lowest BCUT2D eigenvalue weighted by Gasteiger charge is -2.23. The number of H-pyrrole nitrogens is 1. The highest BCUT2D eigenvalue weighted by molar-refractivity contribution is 5.85. The summed E-state index contributed by atoms with van der Waals surface area (Å²) in [5, 5.41) is 4.89. The van der Waals surface area contributed by atoms with Crippen molar-refractivity contribution in [2.75, 3.05) is 6.54 Å². The zero-order valence-corrected chi connectivity index (χ0v) is 7.70. The maximum absolute atomic E-state index is 11.2. The molecule has 1 saturated heterocycles. The van der Waals surface area contributed by atoms with Gasteiger partial charge in [-0.1, -0.05) is 0 Å². The summed E-state index contributed by atoms with van der Waals surface area (Å²) in [6.45, 7) is 0.0177. The summed E-state index contributed by atoms with van der Waals surface area (Å²) in [6, 6.07) is -0.491. The quantitative estimate of drug-likeness (QED) is 0.446. The van der Waals surface area contributed by atoms with Crippen LogP contribution in [0.2, 0.25) is 0 Å². The molecule has 1 aromatic rings. The van der Waals surface area contributed by atoms with Gasteiger partial charge in [0.2, 0.25) is 0 Å². The van der Waals surface area contributed by atoms with Crippen LogP contribution in [0.25, 0.3) is 0 Å². The zero-order valence-electron chi connectivity index (χ0n) is 7.70. The third kappa shape index (κ3) is 1.22.